The molecule has 2 nitrogen and oxygen atoms in total. The molecule has 14 rings (SSSR count). The summed E-state index contributed by atoms with van der Waals surface area (Å²) < 4.78 is 1.86. The van der Waals surface area contributed by atoms with Crippen molar-refractivity contribution < 1.29 is 0 Å². The molecule has 0 amide bonds. The average Bonchev–Trinajstić information content (AvgIpc) is 3.86. The van der Waals surface area contributed by atoms with Gasteiger partial charge in [-0.25, -0.2) is 0 Å². The summed E-state index contributed by atoms with van der Waals surface area (Å²) in [5, 5.41) is 7.55. The molecular formula is C64H39NO. The van der Waals surface area contributed by atoms with Crippen molar-refractivity contribution in [2.75, 3.05) is 0 Å². The molecule has 1 aromatic heterocycles. The summed E-state index contributed by atoms with van der Waals surface area (Å²) in [6, 6.07) is 85.8. The van der Waals surface area contributed by atoms with Crippen LogP contribution in [0.3, 0.4) is 0 Å². The number of hydrogen-bond acceptors (Lipinski definition) is 1. The highest BCUT2D eigenvalue weighted by Gasteiger charge is 2.52. The van der Waals surface area contributed by atoms with Crippen LogP contribution in [0.5, 0.6) is 0 Å². The molecule has 0 aliphatic heterocycles. The molecule has 11 aromatic carbocycles. The normalized spacial score (nSPS) is 13.0. The first kappa shape index (κ1) is 36.8. The van der Waals surface area contributed by atoms with Gasteiger partial charge in [0, 0.05) is 16.5 Å². The van der Waals surface area contributed by atoms with Gasteiger partial charge >= 0.3 is 0 Å². The standard InChI is InChI=1S/C64H39NO/c66-63-50-27-10-7-22-44(50)53-38-42(35-37-59(53)65(63)43-20-5-2-6-21-43)41-34-36-49-54(39-41)60(40-18-3-1-4-19-40)47-25-8-9-26-48(47)61(49)52-29-17-33-58-62(52)51-28-13-16-32-57(51)64(58)55-30-14-11-23-45(55)46-24-12-15-31-56(46)64/h1-39H. The molecule has 0 bridgehead atoms. The molecule has 1 heterocycles. The Morgan fingerprint density at radius 1 is 0.288 bits per heavy atom. The zero-order valence-corrected chi connectivity index (χ0v) is 35.9. The largest absolute Gasteiger partial charge is 0.276 e. The molecule has 0 atom stereocenters. The Hall–Kier alpha value is -8.59. The summed E-state index contributed by atoms with van der Waals surface area (Å²) in [6.45, 7) is 0. The highest BCUT2D eigenvalue weighted by atomic mass is 16.1. The monoisotopic (exact) mass is 837 g/mol. The molecule has 0 N–H and O–H groups in total. The number of nitrogens with zero attached hydrogens (tertiary/aromatic N) is 1. The lowest BCUT2D eigenvalue weighted by Crippen LogP contribution is -2.25. The lowest BCUT2D eigenvalue weighted by molar-refractivity contribution is 0.794. The number of aromatic nitrogens is 1. The second kappa shape index (κ2) is 14.0. The molecule has 0 fully saturated rings. The van der Waals surface area contributed by atoms with Crippen molar-refractivity contribution in [1.29, 1.82) is 0 Å². The number of pyridine rings is 1. The summed E-state index contributed by atoms with van der Waals surface area (Å²) in [4.78, 5) is 14.2. The van der Waals surface area contributed by atoms with Crippen LogP contribution >= 0.6 is 0 Å². The van der Waals surface area contributed by atoms with E-state index in [0.29, 0.717) is 5.39 Å². The summed E-state index contributed by atoms with van der Waals surface area (Å²) in [7, 11) is 0. The molecule has 2 aliphatic rings. The second-order valence-corrected chi connectivity index (χ2v) is 17.8. The summed E-state index contributed by atoms with van der Waals surface area (Å²) >= 11 is 0. The Morgan fingerprint density at radius 2 is 0.773 bits per heavy atom. The van der Waals surface area contributed by atoms with E-state index in [1.54, 1.807) is 0 Å². The van der Waals surface area contributed by atoms with Gasteiger partial charge in [0.25, 0.3) is 5.56 Å². The smallest absolute Gasteiger partial charge is 0.263 e. The Labute approximate surface area is 382 Å². The van der Waals surface area contributed by atoms with Crippen LogP contribution in [0.1, 0.15) is 22.3 Å². The number of para-hydroxylation sites is 1. The number of rotatable bonds is 4. The van der Waals surface area contributed by atoms with Gasteiger partial charge in [-0.1, -0.05) is 200 Å². The quantitative estimate of drug-likeness (QED) is 0.128. The Bertz CT molecular complexity index is 4020. The van der Waals surface area contributed by atoms with Crippen LogP contribution in [0.2, 0.25) is 0 Å². The minimum absolute atomic E-state index is 0.0167. The van der Waals surface area contributed by atoms with Gasteiger partial charge in [-0.3, -0.25) is 9.36 Å². The van der Waals surface area contributed by atoms with E-state index >= 15 is 0 Å². The minimum Gasteiger partial charge on any atom is -0.276 e. The van der Waals surface area contributed by atoms with E-state index in [1.165, 1.54) is 88.3 Å². The van der Waals surface area contributed by atoms with E-state index in [4.69, 9.17) is 0 Å². The van der Waals surface area contributed by atoms with E-state index in [-0.39, 0.29) is 5.56 Å². The number of fused-ring (bicyclic) bond motifs is 15. The van der Waals surface area contributed by atoms with Crippen molar-refractivity contribution in [3.8, 4) is 61.3 Å². The van der Waals surface area contributed by atoms with Crippen LogP contribution in [0.15, 0.2) is 241 Å². The van der Waals surface area contributed by atoms with Gasteiger partial charge in [-0.05, 0) is 141 Å². The number of hydrogen-bond donors (Lipinski definition) is 0. The molecule has 1 spiro atoms. The van der Waals surface area contributed by atoms with Crippen molar-refractivity contribution in [2.24, 2.45) is 0 Å². The maximum atomic E-state index is 14.2. The maximum Gasteiger partial charge on any atom is 0.263 e. The summed E-state index contributed by atoms with van der Waals surface area (Å²) in [5.41, 5.74) is 18.9. The summed E-state index contributed by atoms with van der Waals surface area (Å²) in [6.07, 6.45) is 0. The number of benzene rings is 11. The van der Waals surface area contributed by atoms with Gasteiger partial charge in [0.1, 0.15) is 0 Å². The minimum atomic E-state index is -0.441. The van der Waals surface area contributed by atoms with Crippen LogP contribution in [-0.4, -0.2) is 4.57 Å². The van der Waals surface area contributed by atoms with E-state index < -0.39 is 5.41 Å². The van der Waals surface area contributed by atoms with Crippen LogP contribution in [0, 0.1) is 0 Å². The topological polar surface area (TPSA) is 22.0 Å². The molecular weight excluding hydrogens is 799 g/mol. The predicted molar refractivity (Wildman–Crippen MR) is 275 cm³/mol. The first-order chi connectivity index (χ1) is 32.7. The first-order valence-electron chi connectivity index (χ1n) is 22.8. The van der Waals surface area contributed by atoms with Crippen molar-refractivity contribution >= 4 is 43.2 Å². The first-order valence-corrected chi connectivity index (χ1v) is 22.8. The Balaban J connectivity index is 1.07. The average molecular weight is 838 g/mol. The van der Waals surface area contributed by atoms with Crippen LogP contribution in [0.4, 0.5) is 0 Å². The maximum absolute atomic E-state index is 14.2. The third-order valence-electron chi connectivity index (χ3n) is 14.6. The zero-order valence-electron chi connectivity index (χ0n) is 35.9. The predicted octanol–water partition coefficient (Wildman–Crippen LogP) is 15.8. The van der Waals surface area contributed by atoms with Crippen molar-refractivity contribution in [3.63, 3.8) is 0 Å². The Kier molecular flexibility index (Phi) is 7.79. The molecule has 0 radical (unpaired) electrons. The lowest BCUT2D eigenvalue weighted by atomic mass is 9.70. The molecule has 306 valence electrons. The molecule has 0 saturated heterocycles. The van der Waals surface area contributed by atoms with Gasteiger partial charge in [0.2, 0.25) is 0 Å². The third-order valence-corrected chi connectivity index (χ3v) is 14.6. The van der Waals surface area contributed by atoms with Gasteiger partial charge in [-0.15, -0.1) is 0 Å². The van der Waals surface area contributed by atoms with Crippen LogP contribution < -0.4 is 5.56 Å². The van der Waals surface area contributed by atoms with Gasteiger partial charge in [-0.2, -0.15) is 0 Å². The van der Waals surface area contributed by atoms with Crippen LogP contribution in [-0.2, 0) is 5.41 Å². The van der Waals surface area contributed by atoms with E-state index in [2.05, 4.69) is 188 Å². The highest BCUT2D eigenvalue weighted by molar-refractivity contribution is 6.23. The SMILES string of the molecule is O=c1c2ccccc2c2cc(-c3ccc4c(-c5cccc6c5-c5ccccc5C65c6ccccc6-c6ccccc65)c5ccccc5c(-c5ccccc5)c4c3)ccc2n1-c1ccccc1. The summed E-state index contributed by atoms with van der Waals surface area (Å²) in [5.74, 6) is 0. The molecule has 12 aromatic rings. The molecule has 2 aliphatic carbocycles. The van der Waals surface area contributed by atoms with E-state index in [9.17, 15) is 4.79 Å². The van der Waals surface area contributed by atoms with Crippen LogP contribution in [0.25, 0.3) is 105 Å². The second-order valence-electron chi connectivity index (χ2n) is 17.8. The fourth-order valence-corrected chi connectivity index (χ4v) is 12.0. The third kappa shape index (κ3) is 4.93. The van der Waals surface area contributed by atoms with Crippen molar-refractivity contribution in [2.45, 2.75) is 5.41 Å². The molecule has 66 heavy (non-hydrogen) atoms. The van der Waals surface area contributed by atoms with E-state index in [1.807, 2.05) is 53.1 Å². The fraction of sp³-hybridized carbons (Fsp3) is 0.0156. The fourth-order valence-electron chi connectivity index (χ4n) is 12.0. The van der Waals surface area contributed by atoms with Crippen molar-refractivity contribution in [1.82, 2.24) is 4.57 Å². The lowest BCUT2D eigenvalue weighted by Gasteiger charge is -2.30. The molecule has 0 unspecified atom stereocenters. The van der Waals surface area contributed by atoms with Gasteiger partial charge in [0.05, 0.1) is 10.9 Å². The molecule has 0 saturated carbocycles. The Morgan fingerprint density at radius 3 is 1.47 bits per heavy atom. The van der Waals surface area contributed by atoms with Gasteiger partial charge in [0.15, 0.2) is 0 Å². The zero-order chi connectivity index (χ0) is 43.5. The van der Waals surface area contributed by atoms with E-state index in [0.717, 1.165) is 33.1 Å². The molecule has 2 heteroatoms. The van der Waals surface area contributed by atoms with Gasteiger partial charge < -0.3 is 0 Å². The highest BCUT2D eigenvalue weighted by Crippen LogP contribution is 2.64. The van der Waals surface area contributed by atoms with Crippen molar-refractivity contribution in [3.05, 3.63) is 269 Å².